The van der Waals surface area contributed by atoms with Crippen LogP contribution in [0.25, 0.3) is 0 Å². The van der Waals surface area contributed by atoms with Crippen LogP contribution < -0.4 is 10.6 Å². The summed E-state index contributed by atoms with van der Waals surface area (Å²) in [5.41, 5.74) is 0. The Hall–Kier alpha value is -0.430. The Morgan fingerprint density at radius 2 is 2.21 bits per heavy atom. The summed E-state index contributed by atoms with van der Waals surface area (Å²) in [6.45, 7) is 2.73. The van der Waals surface area contributed by atoms with Gasteiger partial charge in [0.25, 0.3) is 0 Å². The van der Waals surface area contributed by atoms with E-state index in [1.54, 1.807) is 11.3 Å². The minimum Gasteiger partial charge on any atom is -0.381 e. The van der Waals surface area contributed by atoms with E-state index in [9.17, 15) is 4.79 Å². The third kappa shape index (κ3) is 5.60. The van der Waals surface area contributed by atoms with Gasteiger partial charge in [-0.25, -0.2) is 0 Å². The molecule has 0 radical (unpaired) electrons. The summed E-state index contributed by atoms with van der Waals surface area (Å²) in [7, 11) is 0. The van der Waals surface area contributed by atoms with Crippen LogP contribution in [0, 0.1) is 0 Å². The van der Waals surface area contributed by atoms with Crippen molar-refractivity contribution in [2.24, 2.45) is 0 Å². The summed E-state index contributed by atoms with van der Waals surface area (Å²) in [5, 5.41) is 6.22. The summed E-state index contributed by atoms with van der Waals surface area (Å²) < 4.78 is 6.41. The number of thiophene rings is 1. The SMILES string of the molecule is O=C(CNCCc1ccc(Br)s1)NC1CCOCC1. The van der Waals surface area contributed by atoms with Gasteiger partial charge in [-0.1, -0.05) is 0 Å². The fourth-order valence-corrected chi connectivity index (χ4v) is 3.50. The molecular formula is C13H19BrN2O2S. The molecule has 0 bridgehead atoms. The van der Waals surface area contributed by atoms with Crippen molar-refractivity contribution in [3.8, 4) is 0 Å². The maximum absolute atomic E-state index is 11.7. The van der Waals surface area contributed by atoms with Gasteiger partial charge in [-0.3, -0.25) is 4.79 Å². The second kappa shape index (κ2) is 7.99. The molecule has 2 N–H and O–H groups in total. The first-order valence-corrected chi connectivity index (χ1v) is 8.17. The quantitative estimate of drug-likeness (QED) is 0.774. The van der Waals surface area contributed by atoms with Crippen LogP contribution in [-0.2, 0) is 16.0 Å². The smallest absolute Gasteiger partial charge is 0.234 e. The molecule has 0 saturated carbocycles. The van der Waals surface area contributed by atoms with Gasteiger partial charge in [0.15, 0.2) is 0 Å². The lowest BCUT2D eigenvalue weighted by Gasteiger charge is -2.23. The monoisotopic (exact) mass is 346 g/mol. The standard InChI is InChI=1S/C13H19BrN2O2S/c14-12-2-1-11(19-12)3-6-15-9-13(17)16-10-4-7-18-8-5-10/h1-2,10,15H,3-9H2,(H,16,17). The van der Waals surface area contributed by atoms with Crippen molar-refractivity contribution in [1.29, 1.82) is 0 Å². The Morgan fingerprint density at radius 3 is 2.89 bits per heavy atom. The van der Waals surface area contributed by atoms with Gasteiger partial charge in [-0.2, -0.15) is 0 Å². The number of hydrogen-bond donors (Lipinski definition) is 2. The van der Waals surface area contributed by atoms with E-state index in [1.807, 2.05) is 0 Å². The molecule has 6 heteroatoms. The van der Waals surface area contributed by atoms with E-state index in [2.05, 4.69) is 38.7 Å². The fourth-order valence-electron chi connectivity index (χ4n) is 2.02. The number of hydrogen-bond acceptors (Lipinski definition) is 4. The van der Waals surface area contributed by atoms with E-state index in [-0.39, 0.29) is 11.9 Å². The molecule has 2 rings (SSSR count). The second-order valence-electron chi connectivity index (χ2n) is 4.59. The predicted molar refractivity (Wildman–Crippen MR) is 80.6 cm³/mol. The highest BCUT2D eigenvalue weighted by atomic mass is 79.9. The lowest BCUT2D eigenvalue weighted by molar-refractivity contribution is -0.121. The first-order valence-electron chi connectivity index (χ1n) is 6.56. The zero-order chi connectivity index (χ0) is 13.5. The van der Waals surface area contributed by atoms with E-state index < -0.39 is 0 Å². The van der Waals surface area contributed by atoms with Crippen LogP contribution in [0.3, 0.4) is 0 Å². The molecule has 0 aromatic carbocycles. The van der Waals surface area contributed by atoms with Crippen molar-refractivity contribution in [2.45, 2.75) is 25.3 Å². The highest BCUT2D eigenvalue weighted by Crippen LogP contribution is 2.21. The Kier molecular flexibility index (Phi) is 6.30. The van der Waals surface area contributed by atoms with E-state index in [1.165, 1.54) is 4.88 Å². The molecule has 106 valence electrons. The number of carbonyl (C=O) groups is 1. The lowest BCUT2D eigenvalue weighted by Crippen LogP contribution is -2.43. The van der Waals surface area contributed by atoms with E-state index in [4.69, 9.17) is 4.74 Å². The number of halogens is 1. The van der Waals surface area contributed by atoms with Crippen LogP contribution in [-0.4, -0.2) is 38.3 Å². The van der Waals surface area contributed by atoms with Crippen molar-refractivity contribution in [1.82, 2.24) is 10.6 Å². The summed E-state index contributed by atoms with van der Waals surface area (Å²) >= 11 is 5.18. The summed E-state index contributed by atoms with van der Waals surface area (Å²) in [4.78, 5) is 13.0. The molecule has 1 aromatic heterocycles. The maximum Gasteiger partial charge on any atom is 0.234 e. The number of nitrogens with one attached hydrogen (secondary N) is 2. The molecule has 0 spiro atoms. The van der Waals surface area contributed by atoms with Gasteiger partial charge in [-0.15, -0.1) is 11.3 Å². The molecular weight excluding hydrogens is 328 g/mol. The summed E-state index contributed by atoms with van der Waals surface area (Å²) in [5.74, 6) is 0.0826. The van der Waals surface area contributed by atoms with Crippen molar-refractivity contribution in [3.63, 3.8) is 0 Å². The normalized spacial score (nSPS) is 16.5. The Balaban J connectivity index is 1.56. The molecule has 1 fully saturated rings. The lowest BCUT2D eigenvalue weighted by atomic mass is 10.1. The number of ether oxygens (including phenoxy) is 1. The number of rotatable bonds is 6. The molecule has 2 heterocycles. The van der Waals surface area contributed by atoms with Crippen LogP contribution in [0.1, 0.15) is 17.7 Å². The van der Waals surface area contributed by atoms with Crippen molar-refractivity contribution >= 4 is 33.2 Å². The number of carbonyl (C=O) groups excluding carboxylic acids is 1. The highest BCUT2D eigenvalue weighted by Gasteiger charge is 2.15. The first kappa shape index (κ1) is 15.0. The van der Waals surface area contributed by atoms with Gasteiger partial charge in [0.1, 0.15) is 0 Å². The fraction of sp³-hybridized carbons (Fsp3) is 0.615. The third-order valence-corrected chi connectivity index (χ3v) is 4.73. The first-order chi connectivity index (χ1) is 9.24. The zero-order valence-corrected chi connectivity index (χ0v) is 13.2. The summed E-state index contributed by atoms with van der Waals surface area (Å²) in [6.07, 6.45) is 2.81. The predicted octanol–water partition coefficient (Wildman–Crippen LogP) is 1.94. The molecule has 1 aromatic rings. The molecule has 4 nitrogen and oxygen atoms in total. The minimum atomic E-state index is 0.0826. The van der Waals surface area contributed by atoms with Crippen LogP contribution in [0.5, 0.6) is 0 Å². The molecule has 1 amide bonds. The zero-order valence-electron chi connectivity index (χ0n) is 10.8. The van der Waals surface area contributed by atoms with Gasteiger partial charge in [-0.05, 0) is 47.3 Å². The molecule has 19 heavy (non-hydrogen) atoms. The van der Waals surface area contributed by atoms with E-state index >= 15 is 0 Å². The second-order valence-corrected chi connectivity index (χ2v) is 7.13. The topological polar surface area (TPSA) is 50.4 Å². The van der Waals surface area contributed by atoms with Crippen LogP contribution >= 0.6 is 27.3 Å². The van der Waals surface area contributed by atoms with Gasteiger partial charge in [0.2, 0.25) is 5.91 Å². The minimum absolute atomic E-state index is 0.0826. The van der Waals surface area contributed by atoms with Gasteiger partial charge < -0.3 is 15.4 Å². The van der Waals surface area contributed by atoms with Crippen LogP contribution in [0.4, 0.5) is 0 Å². The molecule has 0 atom stereocenters. The van der Waals surface area contributed by atoms with Crippen molar-refractivity contribution in [3.05, 3.63) is 20.8 Å². The van der Waals surface area contributed by atoms with E-state index in [0.717, 1.165) is 42.8 Å². The van der Waals surface area contributed by atoms with Gasteiger partial charge >= 0.3 is 0 Å². The summed E-state index contributed by atoms with van der Waals surface area (Å²) in [6, 6.07) is 4.45. The molecule has 1 aliphatic rings. The maximum atomic E-state index is 11.7. The largest absolute Gasteiger partial charge is 0.381 e. The molecule has 1 aliphatic heterocycles. The van der Waals surface area contributed by atoms with Crippen molar-refractivity contribution < 1.29 is 9.53 Å². The Labute approximate surface area is 126 Å². The van der Waals surface area contributed by atoms with Crippen LogP contribution in [0.2, 0.25) is 0 Å². The average Bonchev–Trinajstić information content (AvgIpc) is 2.82. The van der Waals surface area contributed by atoms with Gasteiger partial charge in [0.05, 0.1) is 10.3 Å². The van der Waals surface area contributed by atoms with E-state index in [0.29, 0.717) is 6.54 Å². The van der Waals surface area contributed by atoms with Crippen molar-refractivity contribution in [2.75, 3.05) is 26.3 Å². The van der Waals surface area contributed by atoms with Gasteiger partial charge in [0, 0.05) is 30.7 Å². The number of amides is 1. The average molecular weight is 347 g/mol. The highest BCUT2D eigenvalue weighted by molar-refractivity contribution is 9.11. The molecule has 0 aliphatic carbocycles. The Bertz CT molecular complexity index is 405. The molecule has 0 unspecified atom stereocenters. The Morgan fingerprint density at radius 1 is 1.42 bits per heavy atom. The third-order valence-electron chi connectivity index (χ3n) is 3.05. The van der Waals surface area contributed by atoms with Crippen LogP contribution in [0.15, 0.2) is 15.9 Å². The molecule has 1 saturated heterocycles.